The number of nitrogens with one attached hydrogen (secondary N) is 1. The molecule has 0 radical (unpaired) electrons. The summed E-state index contributed by atoms with van der Waals surface area (Å²) < 4.78 is 13.1. The number of rotatable bonds is 3. The number of aliphatic hydroxyl groups is 1. The Labute approximate surface area is 111 Å². The molecule has 0 saturated heterocycles. The molecular weight excluding hydrogens is 247 g/mol. The molecule has 5 heteroatoms. The highest BCUT2D eigenvalue weighted by molar-refractivity contribution is 5.99. The predicted octanol–water partition coefficient (Wildman–Crippen LogP) is 1.83. The van der Waals surface area contributed by atoms with Gasteiger partial charge in [-0.25, -0.2) is 4.39 Å². The maximum absolute atomic E-state index is 13.1. The van der Waals surface area contributed by atoms with Crippen LogP contribution in [-0.4, -0.2) is 23.2 Å². The van der Waals surface area contributed by atoms with Gasteiger partial charge in [0.2, 0.25) is 0 Å². The Kier molecular flexibility index (Phi) is 4.04. The van der Waals surface area contributed by atoms with Crippen LogP contribution in [0.15, 0.2) is 18.2 Å². The Morgan fingerprint density at radius 3 is 2.74 bits per heavy atom. The van der Waals surface area contributed by atoms with Gasteiger partial charge in [0.25, 0.3) is 5.91 Å². The van der Waals surface area contributed by atoms with Gasteiger partial charge in [0.05, 0.1) is 11.2 Å². The summed E-state index contributed by atoms with van der Waals surface area (Å²) in [6, 6.07) is 3.68. The van der Waals surface area contributed by atoms with E-state index in [4.69, 9.17) is 5.73 Å². The molecule has 1 aliphatic carbocycles. The highest BCUT2D eigenvalue weighted by Gasteiger charge is 2.29. The lowest BCUT2D eigenvalue weighted by Crippen LogP contribution is -2.44. The highest BCUT2D eigenvalue weighted by Crippen LogP contribution is 2.27. The van der Waals surface area contributed by atoms with Crippen molar-refractivity contribution in [1.29, 1.82) is 0 Å². The Morgan fingerprint density at radius 2 is 2.05 bits per heavy atom. The van der Waals surface area contributed by atoms with Gasteiger partial charge >= 0.3 is 0 Å². The third-order valence-electron chi connectivity index (χ3n) is 3.62. The van der Waals surface area contributed by atoms with Crippen LogP contribution in [0.5, 0.6) is 0 Å². The maximum atomic E-state index is 13.1. The molecule has 0 aromatic heterocycles. The normalized spacial score (nSPS) is 18.0. The van der Waals surface area contributed by atoms with Crippen molar-refractivity contribution >= 4 is 11.6 Å². The zero-order valence-electron chi connectivity index (χ0n) is 10.8. The molecule has 104 valence electrons. The molecule has 1 amide bonds. The van der Waals surface area contributed by atoms with Crippen LogP contribution in [0, 0.1) is 5.82 Å². The van der Waals surface area contributed by atoms with Crippen molar-refractivity contribution in [2.75, 3.05) is 12.3 Å². The first kappa shape index (κ1) is 13.8. The first-order valence-corrected chi connectivity index (χ1v) is 6.56. The molecule has 0 bridgehead atoms. The summed E-state index contributed by atoms with van der Waals surface area (Å²) in [7, 11) is 0. The SMILES string of the molecule is Nc1ccc(F)cc1C(=O)NCC1(O)CCCCC1. The van der Waals surface area contributed by atoms with Crippen LogP contribution in [-0.2, 0) is 0 Å². The van der Waals surface area contributed by atoms with E-state index in [0.717, 1.165) is 25.3 Å². The molecule has 1 aliphatic rings. The summed E-state index contributed by atoms with van der Waals surface area (Å²) in [6.45, 7) is 0.182. The fourth-order valence-electron chi connectivity index (χ4n) is 2.45. The molecule has 1 fully saturated rings. The summed E-state index contributed by atoms with van der Waals surface area (Å²) in [5.41, 5.74) is 5.15. The fourth-order valence-corrected chi connectivity index (χ4v) is 2.45. The quantitative estimate of drug-likeness (QED) is 0.731. The van der Waals surface area contributed by atoms with Crippen LogP contribution in [0.25, 0.3) is 0 Å². The predicted molar refractivity (Wildman–Crippen MR) is 71.2 cm³/mol. The van der Waals surface area contributed by atoms with E-state index in [1.54, 1.807) is 0 Å². The number of nitrogens with two attached hydrogens (primary N) is 1. The molecule has 2 rings (SSSR count). The Balaban J connectivity index is 1.99. The first-order chi connectivity index (χ1) is 9.00. The second-order valence-corrected chi connectivity index (χ2v) is 5.20. The van der Waals surface area contributed by atoms with E-state index in [0.29, 0.717) is 12.8 Å². The van der Waals surface area contributed by atoms with Crippen LogP contribution < -0.4 is 11.1 Å². The smallest absolute Gasteiger partial charge is 0.253 e. The lowest BCUT2D eigenvalue weighted by molar-refractivity contribution is 0.00526. The van der Waals surface area contributed by atoms with Gasteiger partial charge in [-0.2, -0.15) is 0 Å². The Bertz CT molecular complexity index is 471. The van der Waals surface area contributed by atoms with Crippen molar-refractivity contribution < 1.29 is 14.3 Å². The zero-order valence-corrected chi connectivity index (χ0v) is 10.8. The number of amides is 1. The second-order valence-electron chi connectivity index (χ2n) is 5.20. The molecule has 19 heavy (non-hydrogen) atoms. The molecule has 0 spiro atoms. The average molecular weight is 266 g/mol. The first-order valence-electron chi connectivity index (χ1n) is 6.56. The van der Waals surface area contributed by atoms with Gasteiger partial charge in [-0.15, -0.1) is 0 Å². The minimum absolute atomic E-state index is 0.111. The van der Waals surface area contributed by atoms with E-state index in [1.807, 2.05) is 0 Å². The van der Waals surface area contributed by atoms with Gasteiger partial charge < -0.3 is 16.2 Å². The second kappa shape index (κ2) is 5.57. The van der Waals surface area contributed by atoms with Gasteiger partial charge in [-0.1, -0.05) is 19.3 Å². The van der Waals surface area contributed by atoms with Crippen molar-refractivity contribution in [3.8, 4) is 0 Å². The van der Waals surface area contributed by atoms with Gasteiger partial charge in [0, 0.05) is 12.2 Å². The number of halogens is 1. The third kappa shape index (κ3) is 3.44. The summed E-state index contributed by atoms with van der Waals surface area (Å²) in [5, 5.41) is 12.9. The van der Waals surface area contributed by atoms with Crippen LogP contribution in [0.2, 0.25) is 0 Å². The molecule has 0 unspecified atom stereocenters. The molecule has 4 nitrogen and oxygen atoms in total. The molecule has 0 aliphatic heterocycles. The van der Waals surface area contributed by atoms with E-state index in [-0.39, 0.29) is 17.8 Å². The molecular formula is C14H19FN2O2. The third-order valence-corrected chi connectivity index (χ3v) is 3.62. The molecule has 1 aromatic rings. The number of hydrogen-bond donors (Lipinski definition) is 3. The molecule has 1 saturated carbocycles. The van der Waals surface area contributed by atoms with Gasteiger partial charge in [0.1, 0.15) is 5.82 Å². The Morgan fingerprint density at radius 1 is 1.37 bits per heavy atom. The number of benzene rings is 1. The van der Waals surface area contributed by atoms with E-state index in [9.17, 15) is 14.3 Å². The van der Waals surface area contributed by atoms with E-state index in [1.165, 1.54) is 12.1 Å². The summed E-state index contributed by atoms with van der Waals surface area (Å²) in [5.74, 6) is -0.952. The monoisotopic (exact) mass is 266 g/mol. The van der Waals surface area contributed by atoms with Crippen LogP contribution in [0.3, 0.4) is 0 Å². The number of nitrogen functional groups attached to an aromatic ring is 1. The summed E-state index contributed by atoms with van der Waals surface area (Å²) in [4.78, 5) is 11.9. The molecule has 4 N–H and O–H groups in total. The molecule has 1 aromatic carbocycles. The van der Waals surface area contributed by atoms with Crippen LogP contribution >= 0.6 is 0 Å². The van der Waals surface area contributed by atoms with Gasteiger partial charge in [-0.3, -0.25) is 4.79 Å². The van der Waals surface area contributed by atoms with E-state index < -0.39 is 17.3 Å². The number of hydrogen-bond acceptors (Lipinski definition) is 3. The molecule has 0 heterocycles. The summed E-state index contributed by atoms with van der Waals surface area (Å²) >= 11 is 0. The van der Waals surface area contributed by atoms with Crippen molar-refractivity contribution in [2.24, 2.45) is 0 Å². The van der Waals surface area contributed by atoms with Crippen molar-refractivity contribution in [2.45, 2.75) is 37.7 Å². The largest absolute Gasteiger partial charge is 0.398 e. The van der Waals surface area contributed by atoms with Crippen molar-refractivity contribution in [3.63, 3.8) is 0 Å². The number of carbonyl (C=O) groups excluding carboxylic acids is 1. The average Bonchev–Trinajstić information content (AvgIpc) is 2.40. The maximum Gasteiger partial charge on any atom is 0.253 e. The number of anilines is 1. The fraction of sp³-hybridized carbons (Fsp3) is 0.500. The lowest BCUT2D eigenvalue weighted by atomic mass is 9.85. The topological polar surface area (TPSA) is 75.4 Å². The lowest BCUT2D eigenvalue weighted by Gasteiger charge is -2.32. The minimum Gasteiger partial charge on any atom is -0.398 e. The van der Waals surface area contributed by atoms with Crippen LogP contribution in [0.1, 0.15) is 42.5 Å². The van der Waals surface area contributed by atoms with E-state index >= 15 is 0 Å². The van der Waals surface area contributed by atoms with Crippen LogP contribution in [0.4, 0.5) is 10.1 Å². The molecule has 0 atom stereocenters. The Hall–Kier alpha value is -1.62. The van der Waals surface area contributed by atoms with Gasteiger partial charge in [0.15, 0.2) is 0 Å². The van der Waals surface area contributed by atoms with E-state index in [2.05, 4.69) is 5.32 Å². The number of carbonyl (C=O) groups is 1. The van der Waals surface area contributed by atoms with Crippen molar-refractivity contribution in [1.82, 2.24) is 5.32 Å². The standard InChI is InChI=1S/C14H19FN2O2/c15-10-4-5-12(16)11(8-10)13(18)17-9-14(19)6-2-1-3-7-14/h4-5,8,19H,1-3,6-7,9,16H2,(H,17,18). The van der Waals surface area contributed by atoms with Crippen molar-refractivity contribution in [3.05, 3.63) is 29.6 Å². The minimum atomic E-state index is -0.837. The zero-order chi connectivity index (χ0) is 13.9. The highest BCUT2D eigenvalue weighted by atomic mass is 19.1. The summed E-state index contributed by atoms with van der Waals surface area (Å²) in [6.07, 6.45) is 4.42. The van der Waals surface area contributed by atoms with Gasteiger partial charge in [-0.05, 0) is 31.0 Å².